The number of carbonyl (C=O) groups is 1. The van der Waals surface area contributed by atoms with Crippen molar-refractivity contribution < 1.29 is 14.3 Å². The minimum absolute atomic E-state index is 0.0931. The van der Waals surface area contributed by atoms with Crippen molar-refractivity contribution in [1.82, 2.24) is 14.9 Å². The first kappa shape index (κ1) is 24.5. The van der Waals surface area contributed by atoms with Gasteiger partial charge in [-0.15, -0.1) is 0 Å². The Bertz CT molecular complexity index is 1380. The van der Waals surface area contributed by atoms with Crippen LogP contribution in [-0.4, -0.2) is 33.8 Å². The maximum atomic E-state index is 11.9. The average Bonchev–Trinajstić information content (AvgIpc) is 3.53. The number of methoxy groups -OCH3 is 1. The van der Waals surface area contributed by atoms with E-state index in [1.54, 1.807) is 18.3 Å². The summed E-state index contributed by atoms with van der Waals surface area (Å²) in [6.07, 6.45) is 3.90. The van der Waals surface area contributed by atoms with Crippen molar-refractivity contribution in [1.29, 1.82) is 0 Å². The Morgan fingerprint density at radius 3 is 2.35 bits per heavy atom. The number of aromatic nitrogens is 2. The number of esters is 1. The normalized spacial score (nSPS) is 17.1. The van der Waals surface area contributed by atoms with Crippen LogP contribution >= 0.6 is 12.2 Å². The third kappa shape index (κ3) is 4.93. The number of thiocarbonyl (C=S) groups is 1. The first-order chi connectivity index (χ1) is 18.0. The van der Waals surface area contributed by atoms with E-state index < -0.39 is 0 Å². The lowest BCUT2D eigenvalue weighted by atomic mass is 10.0. The van der Waals surface area contributed by atoms with Gasteiger partial charge in [-0.25, -0.2) is 4.79 Å². The Balaban J connectivity index is 1.57. The summed E-state index contributed by atoms with van der Waals surface area (Å²) in [7, 11) is 1.38. The van der Waals surface area contributed by atoms with Gasteiger partial charge >= 0.3 is 5.97 Å². The number of nitrogens with one attached hydrogen (secondary N) is 1. The van der Waals surface area contributed by atoms with E-state index in [1.165, 1.54) is 7.11 Å². The molecule has 1 aliphatic heterocycles. The number of ether oxygens (including phenoxy) is 2. The van der Waals surface area contributed by atoms with Crippen LogP contribution in [0.2, 0.25) is 0 Å². The standard InChI is InChI=1S/C29H28N4O3S/c1-19(2)36-23-15-13-22(14-16-23)33-27(26(31-29(33)37)24-7-4-5-17-30-24)25-8-6-18-32(25)21-11-9-20(10-12-21)28(34)35-3/h4-19,26-27H,1-3H3,(H,31,37). The molecule has 1 aliphatic rings. The Morgan fingerprint density at radius 1 is 0.973 bits per heavy atom. The summed E-state index contributed by atoms with van der Waals surface area (Å²) < 4.78 is 12.8. The summed E-state index contributed by atoms with van der Waals surface area (Å²) in [4.78, 5) is 18.7. The van der Waals surface area contributed by atoms with E-state index >= 15 is 0 Å². The molecule has 0 radical (unpaired) electrons. The molecular formula is C29H28N4O3S. The van der Waals surface area contributed by atoms with Gasteiger partial charge in [0.15, 0.2) is 5.11 Å². The van der Waals surface area contributed by atoms with Gasteiger partial charge in [0.1, 0.15) is 11.8 Å². The van der Waals surface area contributed by atoms with Crippen molar-refractivity contribution >= 4 is 29.0 Å². The predicted molar refractivity (Wildman–Crippen MR) is 147 cm³/mol. The van der Waals surface area contributed by atoms with Gasteiger partial charge in [0.2, 0.25) is 0 Å². The first-order valence-electron chi connectivity index (χ1n) is 12.1. The molecule has 0 saturated carbocycles. The Labute approximate surface area is 221 Å². The lowest BCUT2D eigenvalue weighted by Crippen LogP contribution is -2.30. The zero-order valence-electron chi connectivity index (χ0n) is 20.9. The number of hydrogen-bond acceptors (Lipinski definition) is 5. The highest BCUT2D eigenvalue weighted by molar-refractivity contribution is 7.80. The number of anilines is 1. The van der Waals surface area contributed by atoms with Crippen molar-refractivity contribution in [3.05, 3.63) is 108 Å². The minimum Gasteiger partial charge on any atom is -0.491 e. The van der Waals surface area contributed by atoms with Crippen LogP contribution < -0.4 is 15.0 Å². The number of nitrogens with zero attached hydrogens (tertiary/aromatic N) is 3. The van der Waals surface area contributed by atoms with Crippen molar-refractivity contribution in [3.63, 3.8) is 0 Å². The molecule has 0 aliphatic carbocycles. The van der Waals surface area contributed by atoms with Crippen LogP contribution in [0.1, 0.15) is 47.7 Å². The lowest BCUT2D eigenvalue weighted by molar-refractivity contribution is 0.0600. The van der Waals surface area contributed by atoms with Crippen molar-refractivity contribution in [2.75, 3.05) is 12.0 Å². The summed E-state index contributed by atoms with van der Waals surface area (Å²) in [6, 6.07) is 25.0. The number of hydrogen-bond donors (Lipinski definition) is 1. The van der Waals surface area contributed by atoms with Gasteiger partial charge in [-0.1, -0.05) is 6.07 Å². The lowest BCUT2D eigenvalue weighted by Gasteiger charge is -2.29. The fourth-order valence-corrected chi connectivity index (χ4v) is 4.98. The number of pyridine rings is 1. The third-order valence-corrected chi connectivity index (χ3v) is 6.55. The van der Waals surface area contributed by atoms with Crippen molar-refractivity contribution in [2.24, 2.45) is 0 Å². The van der Waals surface area contributed by atoms with Gasteiger partial charge in [-0.2, -0.15) is 0 Å². The first-order valence-corrected chi connectivity index (χ1v) is 12.5. The van der Waals surface area contributed by atoms with E-state index in [1.807, 2.05) is 80.7 Å². The molecule has 2 aromatic heterocycles. The van der Waals surface area contributed by atoms with E-state index in [4.69, 9.17) is 21.7 Å². The molecule has 2 unspecified atom stereocenters. The van der Waals surface area contributed by atoms with Crippen LogP contribution in [0.25, 0.3) is 5.69 Å². The van der Waals surface area contributed by atoms with Crippen LogP contribution in [0.3, 0.4) is 0 Å². The van der Waals surface area contributed by atoms with Crippen molar-refractivity contribution in [3.8, 4) is 11.4 Å². The van der Waals surface area contributed by atoms with Crippen LogP contribution in [-0.2, 0) is 4.74 Å². The summed E-state index contributed by atoms with van der Waals surface area (Å²) in [5.74, 6) is 0.444. The zero-order chi connectivity index (χ0) is 25.9. The summed E-state index contributed by atoms with van der Waals surface area (Å²) >= 11 is 5.87. The monoisotopic (exact) mass is 512 g/mol. The largest absolute Gasteiger partial charge is 0.491 e. The fourth-order valence-electron chi connectivity index (χ4n) is 4.64. The molecule has 188 valence electrons. The van der Waals surface area contributed by atoms with Gasteiger partial charge in [-0.05, 0) is 98.9 Å². The summed E-state index contributed by atoms with van der Waals surface area (Å²) in [5, 5.41) is 4.12. The highest BCUT2D eigenvalue weighted by atomic mass is 32.1. The molecule has 0 bridgehead atoms. The summed E-state index contributed by atoms with van der Waals surface area (Å²) in [6.45, 7) is 4.01. The molecule has 1 N–H and O–H groups in total. The van der Waals surface area contributed by atoms with Crippen LogP contribution in [0.4, 0.5) is 5.69 Å². The van der Waals surface area contributed by atoms with Crippen LogP contribution in [0.5, 0.6) is 5.75 Å². The SMILES string of the molecule is COC(=O)c1ccc(-n2cccc2C2C(c3ccccn3)NC(=S)N2c2ccc(OC(C)C)cc2)cc1. The number of carbonyl (C=O) groups excluding carboxylic acids is 1. The van der Waals surface area contributed by atoms with E-state index in [0.29, 0.717) is 10.7 Å². The average molecular weight is 513 g/mol. The van der Waals surface area contributed by atoms with Crippen molar-refractivity contribution in [2.45, 2.75) is 32.0 Å². The second-order valence-electron chi connectivity index (χ2n) is 9.00. The molecular weight excluding hydrogens is 484 g/mol. The smallest absolute Gasteiger partial charge is 0.337 e. The maximum Gasteiger partial charge on any atom is 0.337 e. The molecule has 0 amide bonds. The molecule has 37 heavy (non-hydrogen) atoms. The fraction of sp³-hybridized carbons (Fsp3) is 0.207. The zero-order valence-corrected chi connectivity index (χ0v) is 21.7. The van der Waals surface area contributed by atoms with Crippen LogP contribution in [0.15, 0.2) is 91.3 Å². The Hall–Kier alpha value is -4.17. The Kier molecular flexibility index (Phi) is 6.92. The third-order valence-electron chi connectivity index (χ3n) is 6.23. The van der Waals surface area contributed by atoms with E-state index in [9.17, 15) is 4.79 Å². The summed E-state index contributed by atoms with van der Waals surface area (Å²) in [5.41, 5.74) is 4.29. The van der Waals surface area contributed by atoms with Gasteiger partial charge < -0.3 is 24.3 Å². The molecule has 1 fully saturated rings. The van der Waals surface area contributed by atoms with Gasteiger partial charge in [-0.3, -0.25) is 4.98 Å². The van der Waals surface area contributed by atoms with Gasteiger partial charge in [0, 0.05) is 29.5 Å². The maximum absolute atomic E-state index is 11.9. The predicted octanol–water partition coefficient (Wildman–Crippen LogP) is 5.62. The molecule has 3 heterocycles. The van der Waals surface area contributed by atoms with E-state index in [2.05, 4.69) is 25.8 Å². The molecule has 2 atom stereocenters. The van der Waals surface area contributed by atoms with Crippen LogP contribution in [0, 0.1) is 0 Å². The second-order valence-corrected chi connectivity index (χ2v) is 9.39. The van der Waals surface area contributed by atoms with E-state index in [0.717, 1.165) is 28.5 Å². The van der Waals surface area contributed by atoms with Gasteiger partial charge in [0.05, 0.1) is 30.5 Å². The quantitative estimate of drug-likeness (QED) is 0.254. The molecule has 2 aromatic carbocycles. The highest BCUT2D eigenvalue weighted by Gasteiger charge is 2.42. The van der Waals surface area contributed by atoms with E-state index in [-0.39, 0.29) is 24.2 Å². The topological polar surface area (TPSA) is 68.6 Å². The van der Waals surface area contributed by atoms with Gasteiger partial charge in [0.25, 0.3) is 0 Å². The molecule has 4 aromatic rings. The Morgan fingerprint density at radius 2 is 1.70 bits per heavy atom. The molecule has 8 heteroatoms. The second kappa shape index (κ2) is 10.4. The highest BCUT2D eigenvalue weighted by Crippen LogP contribution is 2.42. The molecule has 7 nitrogen and oxygen atoms in total. The molecule has 0 spiro atoms. The molecule has 5 rings (SSSR count). The minimum atomic E-state index is -0.365. The molecule has 1 saturated heterocycles. The number of benzene rings is 2. The number of rotatable bonds is 7.